The van der Waals surface area contributed by atoms with E-state index in [1.807, 2.05) is 0 Å². The molecule has 0 spiro atoms. The fourth-order valence-electron chi connectivity index (χ4n) is 2.35. The van der Waals surface area contributed by atoms with Crippen LogP contribution in [0.3, 0.4) is 0 Å². The molecule has 0 heteroatoms. The summed E-state index contributed by atoms with van der Waals surface area (Å²) in [5, 5.41) is 0. The third-order valence-electron chi connectivity index (χ3n) is 3.81. The van der Waals surface area contributed by atoms with Gasteiger partial charge in [0.1, 0.15) is 0 Å². The molecule has 0 aromatic heterocycles. The lowest BCUT2D eigenvalue weighted by Crippen LogP contribution is -2.23. The van der Waals surface area contributed by atoms with Gasteiger partial charge in [-0.1, -0.05) is 47.0 Å². The van der Waals surface area contributed by atoms with E-state index in [4.69, 9.17) is 0 Å². The zero-order valence-corrected chi connectivity index (χ0v) is 9.90. The van der Waals surface area contributed by atoms with E-state index in [1.54, 1.807) is 0 Å². The van der Waals surface area contributed by atoms with Crippen molar-refractivity contribution in [3.8, 4) is 0 Å². The van der Waals surface area contributed by atoms with E-state index in [0.29, 0.717) is 5.41 Å². The highest BCUT2D eigenvalue weighted by atomic mass is 14.3. The second-order valence-corrected chi connectivity index (χ2v) is 5.93. The Hall–Kier alpha value is 0. The lowest BCUT2D eigenvalue weighted by molar-refractivity contribution is 0.155. The topological polar surface area (TPSA) is 0 Å². The van der Waals surface area contributed by atoms with Crippen LogP contribution < -0.4 is 0 Å². The molecule has 0 N–H and O–H groups in total. The van der Waals surface area contributed by atoms with Gasteiger partial charge in [-0.3, -0.25) is 0 Å². The van der Waals surface area contributed by atoms with E-state index < -0.39 is 0 Å². The van der Waals surface area contributed by atoms with E-state index in [2.05, 4.69) is 27.7 Å². The molecule has 0 atom stereocenters. The summed E-state index contributed by atoms with van der Waals surface area (Å²) in [7, 11) is 0. The predicted octanol–water partition coefficient (Wildman–Crippen LogP) is 4.64. The highest BCUT2D eigenvalue weighted by Gasteiger charge is 2.28. The van der Waals surface area contributed by atoms with Crippen LogP contribution in [0.4, 0.5) is 0 Å². The van der Waals surface area contributed by atoms with E-state index in [-0.39, 0.29) is 0 Å². The molecule has 13 heavy (non-hydrogen) atoms. The van der Waals surface area contributed by atoms with Crippen LogP contribution in [0.1, 0.15) is 66.2 Å². The van der Waals surface area contributed by atoms with Crippen molar-refractivity contribution in [2.45, 2.75) is 66.2 Å². The van der Waals surface area contributed by atoms with Crippen molar-refractivity contribution < 1.29 is 0 Å². The second-order valence-electron chi connectivity index (χ2n) is 5.93. The molecular formula is C13H26. The van der Waals surface area contributed by atoms with Crippen LogP contribution in [0.2, 0.25) is 0 Å². The molecule has 0 aromatic carbocycles. The minimum atomic E-state index is 0.691. The first-order chi connectivity index (χ1) is 6.02. The van der Waals surface area contributed by atoms with Crippen LogP contribution >= 0.6 is 0 Å². The third kappa shape index (κ3) is 3.70. The van der Waals surface area contributed by atoms with Gasteiger partial charge in [0.05, 0.1) is 0 Å². The van der Waals surface area contributed by atoms with Crippen molar-refractivity contribution in [3.05, 3.63) is 0 Å². The minimum Gasteiger partial charge on any atom is -0.0628 e. The standard InChI is InChI=1S/C13H26/c1-11(2)5-8-13(4)9-6-12(3)7-10-13/h11-12H,5-10H2,1-4H3. The van der Waals surface area contributed by atoms with Gasteiger partial charge in [0.2, 0.25) is 0 Å². The van der Waals surface area contributed by atoms with Gasteiger partial charge in [-0.15, -0.1) is 0 Å². The molecule has 0 saturated heterocycles. The fraction of sp³-hybridized carbons (Fsp3) is 1.00. The van der Waals surface area contributed by atoms with Gasteiger partial charge >= 0.3 is 0 Å². The Morgan fingerprint density at radius 3 is 2.23 bits per heavy atom. The van der Waals surface area contributed by atoms with Gasteiger partial charge < -0.3 is 0 Å². The summed E-state index contributed by atoms with van der Waals surface area (Å²) < 4.78 is 0. The smallest absolute Gasteiger partial charge is 0.0326 e. The minimum absolute atomic E-state index is 0.691. The van der Waals surface area contributed by atoms with Gasteiger partial charge in [0.15, 0.2) is 0 Å². The first kappa shape index (κ1) is 11.1. The normalized spacial score (nSPS) is 35.3. The van der Waals surface area contributed by atoms with Gasteiger partial charge in [-0.2, -0.15) is 0 Å². The lowest BCUT2D eigenvalue weighted by Gasteiger charge is -2.36. The maximum absolute atomic E-state index is 2.50. The predicted molar refractivity (Wildman–Crippen MR) is 59.8 cm³/mol. The molecular weight excluding hydrogens is 156 g/mol. The van der Waals surface area contributed by atoms with Crippen molar-refractivity contribution >= 4 is 0 Å². The number of rotatable bonds is 3. The van der Waals surface area contributed by atoms with E-state index >= 15 is 0 Å². The van der Waals surface area contributed by atoms with Crippen molar-refractivity contribution in [1.29, 1.82) is 0 Å². The maximum Gasteiger partial charge on any atom is -0.0326 e. The molecule has 1 rings (SSSR count). The SMILES string of the molecule is CC(C)CCC1(C)CCC(C)CC1. The first-order valence-corrected chi connectivity index (χ1v) is 6.02. The van der Waals surface area contributed by atoms with E-state index in [9.17, 15) is 0 Å². The Labute approximate surface area is 84.1 Å². The Balaban J connectivity index is 2.30. The summed E-state index contributed by atoms with van der Waals surface area (Å²) in [6.45, 7) is 9.59. The Bertz CT molecular complexity index is 138. The second kappa shape index (κ2) is 4.48. The Kier molecular flexibility index (Phi) is 3.82. The van der Waals surface area contributed by atoms with Gasteiger partial charge in [0, 0.05) is 0 Å². The van der Waals surface area contributed by atoms with Gasteiger partial charge in [-0.25, -0.2) is 0 Å². The zero-order valence-electron chi connectivity index (χ0n) is 9.90. The molecule has 0 aliphatic heterocycles. The third-order valence-corrected chi connectivity index (χ3v) is 3.81. The molecule has 0 unspecified atom stereocenters. The molecule has 0 nitrogen and oxygen atoms in total. The van der Waals surface area contributed by atoms with Crippen LogP contribution in [0.25, 0.3) is 0 Å². The van der Waals surface area contributed by atoms with Crippen LogP contribution in [-0.2, 0) is 0 Å². The van der Waals surface area contributed by atoms with E-state index in [0.717, 1.165) is 11.8 Å². The highest BCUT2D eigenvalue weighted by Crippen LogP contribution is 2.42. The summed E-state index contributed by atoms with van der Waals surface area (Å²) in [5.41, 5.74) is 0.691. The molecule has 0 aromatic rings. The van der Waals surface area contributed by atoms with Crippen molar-refractivity contribution in [2.24, 2.45) is 17.3 Å². The van der Waals surface area contributed by atoms with Crippen LogP contribution in [-0.4, -0.2) is 0 Å². The Morgan fingerprint density at radius 1 is 1.23 bits per heavy atom. The number of hydrogen-bond donors (Lipinski definition) is 0. The largest absolute Gasteiger partial charge is 0.0628 e. The fourth-order valence-corrected chi connectivity index (χ4v) is 2.35. The van der Waals surface area contributed by atoms with Crippen LogP contribution in [0.5, 0.6) is 0 Å². The summed E-state index contributed by atoms with van der Waals surface area (Å²) in [4.78, 5) is 0. The average Bonchev–Trinajstić information content (AvgIpc) is 2.08. The van der Waals surface area contributed by atoms with Crippen molar-refractivity contribution in [2.75, 3.05) is 0 Å². The van der Waals surface area contributed by atoms with E-state index in [1.165, 1.54) is 38.5 Å². The lowest BCUT2D eigenvalue weighted by atomic mass is 9.69. The molecule has 1 fully saturated rings. The Morgan fingerprint density at radius 2 is 1.77 bits per heavy atom. The summed E-state index contributed by atoms with van der Waals surface area (Å²) in [6, 6.07) is 0. The van der Waals surface area contributed by atoms with Crippen LogP contribution in [0, 0.1) is 17.3 Å². The van der Waals surface area contributed by atoms with Crippen molar-refractivity contribution in [3.63, 3.8) is 0 Å². The zero-order chi connectivity index (χ0) is 9.90. The highest BCUT2D eigenvalue weighted by molar-refractivity contribution is 4.80. The number of hydrogen-bond acceptors (Lipinski definition) is 0. The summed E-state index contributed by atoms with van der Waals surface area (Å²) in [6.07, 6.45) is 8.76. The summed E-state index contributed by atoms with van der Waals surface area (Å²) in [5.74, 6) is 1.88. The monoisotopic (exact) mass is 182 g/mol. The van der Waals surface area contributed by atoms with Crippen LogP contribution in [0.15, 0.2) is 0 Å². The van der Waals surface area contributed by atoms with Gasteiger partial charge in [0.25, 0.3) is 0 Å². The first-order valence-electron chi connectivity index (χ1n) is 6.02. The molecule has 0 heterocycles. The molecule has 1 aliphatic rings. The maximum atomic E-state index is 2.50. The molecule has 1 aliphatic carbocycles. The van der Waals surface area contributed by atoms with Gasteiger partial charge in [-0.05, 0) is 36.5 Å². The summed E-state index contributed by atoms with van der Waals surface area (Å²) >= 11 is 0. The molecule has 0 bridgehead atoms. The van der Waals surface area contributed by atoms with Crippen molar-refractivity contribution in [1.82, 2.24) is 0 Å². The average molecular weight is 182 g/mol. The molecule has 0 amide bonds. The molecule has 1 saturated carbocycles. The quantitative estimate of drug-likeness (QED) is 0.596. The molecule has 78 valence electrons. The molecule has 0 radical (unpaired) electrons.